The Morgan fingerprint density at radius 2 is 1.79 bits per heavy atom. The predicted octanol–water partition coefficient (Wildman–Crippen LogP) is 5.13. The zero-order valence-electron chi connectivity index (χ0n) is 19.5. The fourth-order valence-corrected chi connectivity index (χ4v) is 4.29. The highest BCUT2D eigenvalue weighted by atomic mass is 32.2. The molecule has 4 rings (SSSR count). The number of rotatable bonds is 8. The van der Waals surface area contributed by atoms with Gasteiger partial charge in [-0.05, 0) is 41.7 Å². The van der Waals surface area contributed by atoms with Crippen molar-refractivity contribution in [1.82, 2.24) is 20.2 Å². The van der Waals surface area contributed by atoms with Gasteiger partial charge < -0.3 is 15.5 Å². The largest absolute Gasteiger partial charge is 0.367 e. The van der Waals surface area contributed by atoms with Gasteiger partial charge >= 0.3 is 0 Å². The number of aromatic nitrogens is 2. The van der Waals surface area contributed by atoms with Gasteiger partial charge in [0.05, 0.1) is 5.75 Å². The fourth-order valence-electron chi connectivity index (χ4n) is 3.60. The number of hydrogen-bond donors (Lipinski definition) is 3. The molecule has 1 aliphatic rings. The van der Waals surface area contributed by atoms with Gasteiger partial charge in [0.25, 0.3) is 0 Å². The van der Waals surface area contributed by atoms with E-state index in [0.717, 1.165) is 34.8 Å². The summed E-state index contributed by atoms with van der Waals surface area (Å²) in [4.78, 5) is 10.6. The van der Waals surface area contributed by atoms with Crippen LogP contribution in [0.5, 0.6) is 0 Å². The predicted molar refractivity (Wildman–Crippen MR) is 139 cm³/mol. The van der Waals surface area contributed by atoms with Crippen molar-refractivity contribution in [2.24, 2.45) is 5.92 Å². The minimum Gasteiger partial charge on any atom is -0.367 e. The van der Waals surface area contributed by atoms with E-state index in [1.54, 1.807) is 12.4 Å². The normalized spacial score (nSPS) is 15.7. The Labute approximate surface area is 205 Å². The Bertz CT molecular complexity index is 1100. The van der Waals surface area contributed by atoms with Gasteiger partial charge in [-0.3, -0.25) is 9.59 Å². The molecule has 0 saturated carbocycles. The molecule has 0 radical (unpaired) electrons. The molecule has 0 amide bonds. The highest BCUT2D eigenvalue weighted by Crippen LogP contribution is 2.23. The maximum atomic E-state index is 8.92. The Morgan fingerprint density at radius 3 is 2.50 bits per heavy atom. The van der Waals surface area contributed by atoms with Crippen LogP contribution < -0.4 is 10.6 Å². The first kappa shape index (κ1) is 23.8. The summed E-state index contributed by atoms with van der Waals surface area (Å²) in [6, 6.07) is 20.1. The topological polar surface area (TPSA) is 86.2 Å². The van der Waals surface area contributed by atoms with Gasteiger partial charge in [-0.1, -0.05) is 56.3 Å². The number of anilines is 1. The number of nitrogens with zero attached hydrogens (tertiary/aromatic N) is 3. The molecule has 3 aromatic rings. The highest BCUT2D eigenvalue weighted by molar-refractivity contribution is 7.94. The zero-order chi connectivity index (χ0) is 23.8. The molecule has 0 aliphatic carbocycles. The van der Waals surface area contributed by atoms with E-state index >= 15 is 0 Å². The molecule has 0 unspecified atom stereocenters. The summed E-state index contributed by atoms with van der Waals surface area (Å²) >= 11 is 1.38. The molecule has 34 heavy (non-hydrogen) atoms. The van der Waals surface area contributed by atoms with E-state index < -0.39 is 0 Å². The van der Waals surface area contributed by atoms with Crippen molar-refractivity contribution in [3.05, 3.63) is 90.0 Å². The molecule has 1 fully saturated rings. The first-order valence-corrected chi connectivity index (χ1v) is 12.2. The van der Waals surface area contributed by atoms with Crippen LogP contribution in [0.1, 0.15) is 19.4 Å². The fraction of sp³-hybridized carbons (Fsp3) is 0.269. The number of hydrogen-bond acceptors (Lipinski definition) is 7. The van der Waals surface area contributed by atoms with Crippen molar-refractivity contribution >= 4 is 23.6 Å². The van der Waals surface area contributed by atoms with Gasteiger partial charge in [0.1, 0.15) is 18.4 Å². The second-order valence-corrected chi connectivity index (χ2v) is 9.20. The highest BCUT2D eigenvalue weighted by Gasteiger charge is 2.23. The minimum absolute atomic E-state index is 0.410. The Morgan fingerprint density at radius 1 is 1.06 bits per heavy atom. The van der Waals surface area contributed by atoms with Crippen LogP contribution in [0.25, 0.3) is 11.4 Å². The van der Waals surface area contributed by atoms with Gasteiger partial charge in [0.2, 0.25) is 0 Å². The molecule has 0 bridgehead atoms. The van der Waals surface area contributed by atoms with E-state index in [0.29, 0.717) is 36.6 Å². The Balaban J connectivity index is 1.56. The lowest BCUT2D eigenvalue weighted by Crippen LogP contribution is -2.37. The summed E-state index contributed by atoms with van der Waals surface area (Å²) in [7, 11) is 0. The van der Waals surface area contributed by atoms with Crippen LogP contribution in [0.4, 0.5) is 5.69 Å². The third-order valence-corrected chi connectivity index (χ3v) is 5.95. The second-order valence-electron chi connectivity index (χ2n) is 8.44. The van der Waals surface area contributed by atoms with Crippen molar-refractivity contribution in [1.29, 1.82) is 5.41 Å². The monoisotopic (exact) mass is 474 g/mol. The second kappa shape index (κ2) is 11.7. The third kappa shape index (κ3) is 6.36. The van der Waals surface area contributed by atoms with Gasteiger partial charge in [-0.15, -0.1) is 0 Å². The van der Waals surface area contributed by atoms with Crippen LogP contribution in [-0.2, 0) is 10.7 Å². The molecular weight excluding hydrogens is 444 g/mol. The van der Waals surface area contributed by atoms with E-state index in [1.165, 1.54) is 12.0 Å². The van der Waals surface area contributed by atoms with Crippen LogP contribution in [-0.4, -0.2) is 39.7 Å². The first-order valence-electron chi connectivity index (χ1n) is 11.3. The van der Waals surface area contributed by atoms with Crippen molar-refractivity contribution in [2.75, 3.05) is 24.3 Å². The van der Waals surface area contributed by atoms with Crippen LogP contribution in [0.15, 0.2) is 84.5 Å². The van der Waals surface area contributed by atoms with E-state index in [9.17, 15) is 0 Å². The average molecular weight is 475 g/mol. The molecule has 3 N–H and O–H groups in total. The van der Waals surface area contributed by atoms with Crippen LogP contribution in [0.3, 0.4) is 0 Å². The van der Waals surface area contributed by atoms with E-state index in [-0.39, 0.29) is 0 Å². The van der Waals surface area contributed by atoms with Gasteiger partial charge in [0, 0.05) is 42.3 Å². The smallest absolute Gasteiger partial charge is 0.159 e. The molecule has 1 aromatic heterocycles. The van der Waals surface area contributed by atoms with Gasteiger partial charge in [0.15, 0.2) is 5.82 Å². The van der Waals surface area contributed by atoms with E-state index in [4.69, 9.17) is 9.59 Å². The lowest BCUT2D eigenvalue weighted by Gasteiger charge is -2.26. The van der Waals surface area contributed by atoms with Crippen LogP contribution in [0.2, 0.25) is 0 Å². The maximum absolute atomic E-state index is 8.92. The average Bonchev–Trinajstić information content (AvgIpc) is 3.04. The molecule has 1 aliphatic heterocycles. The molecule has 7 nitrogen and oxygen atoms in total. The summed E-state index contributed by atoms with van der Waals surface area (Å²) in [5, 5.41) is 16.0. The molecule has 1 saturated heterocycles. The number of nitrogens with one attached hydrogen (secondary N) is 3. The Hall–Kier alpha value is -3.36. The quantitative estimate of drug-likeness (QED) is 0.390. The van der Waals surface area contributed by atoms with Gasteiger partial charge in [-0.2, -0.15) is 0 Å². The SMILES string of the molecule is CC(C)CN1COSC/C(=C(/NCc2ccc(-c3ncccn3)cc2)Nc2ccccc2)C1=N. The van der Waals surface area contributed by atoms with Crippen molar-refractivity contribution in [3.8, 4) is 11.4 Å². The first-order chi connectivity index (χ1) is 16.6. The number of para-hydroxylation sites is 1. The molecule has 2 aromatic carbocycles. The minimum atomic E-state index is 0.410. The summed E-state index contributed by atoms with van der Waals surface area (Å²) in [6.45, 7) is 6.09. The molecule has 8 heteroatoms. The molecular formula is C26H30N6OS. The maximum Gasteiger partial charge on any atom is 0.159 e. The molecule has 0 spiro atoms. The van der Waals surface area contributed by atoms with Gasteiger partial charge in [-0.25, -0.2) is 9.97 Å². The summed E-state index contributed by atoms with van der Waals surface area (Å²) in [5.41, 5.74) is 3.96. The van der Waals surface area contributed by atoms with Crippen molar-refractivity contribution < 1.29 is 4.18 Å². The lowest BCUT2D eigenvalue weighted by atomic mass is 10.1. The van der Waals surface area contributed by atoms with Crippen molar-refractivity contribution in [2.45, 2.75) is 20.4 Å². The van der Waals surface area contributed by atoms with Crippen molar-refractivity contribution in [3.63, 3.8) is 0 Å². The third-order valence-electron chi connectivity index (χ3n) is 5.27. The number of benzene rings is 2. The summed E-state index contributed by atoms with van der Waals surface area (Å²) < 4.78 is 5.73. The van der Waals surface area contributed by atoms with E-state index in [1.807, 2.05) is 53.4 Å². The molecule has 176 valence electrons. The number of amidine groups is 1. The summed E-state index contributed by atoms with van der Waals surface area (Å²) in [6.07, 6.45) is 3.50. The Kier molecular flexibility index (Phi) is 8.17. The van der Waals surface area contributed by atoms with E-state index in [2.05, 4.69) is 46.6 Å². The van der Waals surface area contributed by atoms with Crippen LogP contribution in [0, 0.1) is 11.3 Å². The lowest BCUT2D eigenvalue weighted by molar-refractivity contribution is 0.208. The van der Waals surface area contributed by atoms with Crippen LogP contribution >= 0.6 is 12.0 Å². The standard InChI is InChI=1S/C26H30N6OS/c1-19(2)16-32-18-33-34-17-23(24(32)27)26(31-22-7-4-3-5-8-22)30-15-20-9-11-21(12-10-20)25-28-13-6-14-29-25/h3-14,19,27,30-31H,15-18H2,1-2H3/b26-23+,27-24?. The molecule has 2 heterocycles. The summed E-state index contributed by atoms with van der Waals surface area (Å²) in [5.74, 6) is 3.03. The zero-order valence-corrected chi connectivity index (χ0v) is 20.3. The molecule has 0 atom stereocenters.